The van der Waals surface area contributed by atoms with Crippen molar-refractivity contribution in [1.82, 2.24) is 19.7 Å². The molecule has 0 saturated heterocycles. The first-order valence-corrected chi connectivity index (χ1v) is 9.23. The number of rotatable bonds is 6. The second-order valence-corrected chi connectivity index (χ2v) is 6.29. The molecule has 156 valence electrons. The Kier molecular flexibility index (Phi) is 7.05. The van der Waals surface area contributed by atoms with Gasteiger partial charge in [-0.3, -0.25) is 14.7 Å². The number of carboxylic acid groups (broad SMARTS) is 1. The maximum Gasteiger partial charge on any atom is 0.410 e. The third kappa shape index (κ3) is 6.79. The zero-order valence-corrected chi connectivity index (χ0v) is 16.3. The molecule has 2 aromatic heterocycles. The van der Waals surface area contributed by atoms with Crippen LogP contribution < -0.4 is 16.3 Å². The predicted octanol–water partition coefficient (Wildman–Crippen LogP) is 1.75. The summed E-state index contributed by atoms with van der Waals surface area (Å²) < 4.78 is 1.32. The quantitative estimate of drug-likeness (QED) is 0.518. The molecule has 0 unspecified atom stereocenters. The second kappa shape index (κ2) is 10.3. The van der Waals surface area contributed by atoms with Crippen molar-refractivity contribution in [3.63, 3.8) is 0 Å². The highest BCUT2D eigenvalue weighted by atomic mass is 16.4. The minimum atomic E-state index is -1.29. The minimum Gasteiger partial charge on any atom is -0.465 e. The molecule has 3 aromatic rings. The number of hydrogen-bond donors (Lipinski definition) is 3. The number of aromatic nitrogens is 4. The molecule has 0 saturated carbocycles. The smallest absolute Gasteiger partial charge is 0.410 e. The molecule has 0 fully saturated rings. The van der Waals surface area contributed by atoms with E-state index in [0.29, 0.717) is 17.9 Å². The topological polar surface area (TPSA) is 139 Å². The van der Waals surface area contributed by atoms with Gasteiger partial charge in [0.15, 0.2) is 5.82 Å². The lowest BCUT2D eigenvalue weighted by Gasteiger charge is -2.04. The van der Waals surface area contributed by atoms with E-state index >= 15 is 0 Å². The van der Waals surface area contributed by atoms with Crippen LogP contribution in [0.4, 0.5) is 16.4 Å². The van der Waals surface area contributed by atoms with Crippen molar-refractivity contribution in [2.75, 3.05) is 10.6 Å². The Morgan fingerprint density at radius 3 is 2.48 bits per heavy atom. The lowest BCUT2D eigenvalue weighted by atomic mass is 10.1. The largest absolute Gasteiger partial charge is 0.465 e. The molecule has 0 aliphatic rings. The normalized spacial score (nSPS) is 9.94. The van der Waals surface area contributed by atoms with Gasteiger partial charge in [0.25, 0.3) is 0 Å². The van der Waals surface area contributed by atoms with E-state index in [2.05, 4.69) is 32.3 Å². The van der Waals surface area contributed by atoms with Crippen LogP contribution >= 0.6 is 0 Å². The summed E-state index contributed by atoms with van der Waals surface area (Å²) in [4.78, 5) is 38.1. The molecule has 2 heterocycles. The monoisotopic (exact) mass is 418 g/mol. The molecule has 10 heteroatoms. The number of anilines is 2. The van der Waals surface area contributed by atoms with Crippen LogP contribution in [-0.4, -0.2) is 36.9 Å². The molecular weight excluding hydrogens is 400 g/mol. The van der Waals surface area contributed by atoms with Gasteiger partial charge >= 0.3 is 11.8 Å². The number of carbonyl (C=O) groups is 2. The van der Waals surface area contributed by atoms with Gasteiger partial charge in [0.2, 0.25) is 5.91 Å². The molecule has 3 N–H and O–H groups in total. The molecule has 0 atom stereocenters. The van der Waals surface area contributed by atoms with Gasteiger partial charge in [0.05, 0.1) is 6.42 Å². The van der Waals surface area contributed by atoms with Gasteiger partial charge in [0, 0.05) is 19.2 Å². The maximum atomic E-state index is 12.0. The fourth-order valence-electron chi connectivity index (χ4n) is 2.54. The Morgan fingerprint density at radius 1 is 1.00 bits per heavy atom. The number of amides is 2. The van der Waals surface area contributed by atoms with Crippen molar-refractivity contribution in [1.29, 1.82) is 0 Å². The Bertz CT molecular complexity index is 1180. The van der Waals surface area contributed by atoms with Crippen LogP contribution in [0.5, 0.6) is 0 Å². The third-order valence-corrected chi connectivity index (χ3v) is 3.94. The van der Waals surface area contributed by atoms with Gasteiger partial charge in [-0.2, -0.15) is 4.98 Å². The summed E-state index contributed by atoms with van der Waals surface area (Å²) in [5.74, 6) is 5.81. The van der Waals surface area contributed by atoms with Crippen molar-refractivity contribution >= 4 is 23.6 Å². The fraction of sp³-hybridized carbons (Fsp3) is 0.143. The van der Waals surface area contributed by atoms with E-state index in [1.165, 1.54) is 16.8 Å². The molecule has 0 aliphatic carbocycles. The number of hydrogen-bond acceptors (Lipinski definition) is 6. The molecule has 0 bridgehead atoms. The van der Waals surface area contributed by atoms with Crippen molar-refractivity contribution < 1.29 is 14.7 Å². The van der Waals surface area contributed by atoms with Crippen molar-refractivity contribution in [2.24, 2.45) is 0 Å². The van der Waals surface area contributed by atoms with Crippen LogP contribution in [0.3, 0.4) is 0 Å². The average molecular weight is 418 g/mol. The fourth-order valence-corrected chi connectivity index (χ4v) is 2.54. The van der Waals surface area contributed by atoms with Crippen LogP contribution in [0.25, 0.3) is 0 Å². The summed E-state index contributed by atoms with van der Waals surface area (Å²) in [6.45, 7) is 0.285. The van der Waals surface area contributed by atoms with E-state index in [-0.39, 0.29) is 24.7 Å². The summed E-state index contributed by atoms with van der Waals surface area (Å²) in [5, 5.41) is 21.2. The summed E-state index contributed by atoms with van der Waals surface area (Å²) in [7, 11) is 0. The number of nitrogens with zero attached hydrogens (tertiary/aromatic N) is 4. The van der Waals surface area contributed by atoms with Gasteiger partial charge in [0.1, 0.15) is 11.5 Å². The van der Waals surface area contributed by atoms with Gasteiger partial charge in [-0.05, 0) is 29.7 Å². The lowest BCUT2D eigenvalue weighted by molar-refractivity contribution is -0.115. The highest BCUT2D eigenvalue weighted by molar-refractivity contribution is 5.91. The standard InChI is InChI=1S/C21H18N6O4/c28-19(14-15-6-2-1-3-7-15)22-18-10-9-16(25-26-18)8-4-5-12-27-13-11-17(23-20(27)29)24-21(30)31/h1-3,6-7,9-11,13H,5,12,14H2,(H,30,31)(H,22,26,28)(H,23,24,29). The van der Waals surface area contributed by atoms with E-state index in [1.54, 1.807) is 12.1 Å². The first-order chi connectivity index (χ1) is 15.0. The summed E-state index contributed by atoms with van der Waals surface area (Å²) in [5.41, 5.74) is 0.744. The molecule has 10 nitrogen and oxygen atoms in total. The average Bonchev–Trinajstić information content (AvgIpc) is 2.74. The minimum absolute atomic E-state index is 0.0361. The van der Waals surface area contributed by atoms with Crippen LogP contribution in [0.15, 0.2) is 59.5 Å². The molecule has 2 amide bonds. The lowest BCUT2D eigenvalue weighted by Crippen LogP contribution is -2.24. The maximum absolute atomic E-state index is 12.0. The SMILES string of the molecule is O=C(O)Nc1ccn(CCC#Cc2ccc(NC(=O)Cc3ccccc3)nn2)c(=O)n1. The van der Waals surface area contributed by atoms with Gasteiger partial charge in [-0.15, -0.1) is 10.2 Å². The number of carbonyl (C=O) groups excluding carboxylic acids is 1. The Labute approximate surface area is 177 Å². The zero-order valence-electron chi connectivity index (χ0n) is 16.3. The Hall–Kier alpha value is -4.52. The highest BCUT2D eigenvalue weighted by Crippen LogP contribution is 2.05. The summed E-state index contributed by atoms with van der Waals surface area (Å²) in [6.07, 6.45) is 0.740. The third-order valence-electron chi connectivity index (χ3n) is 3.94. The van der Waals surface area contributed by atoms with E-state index in [4.69, 9.17) is 5.11 Å². The van der Waals surface area contributed by atoms with Crippen molar-refractivity contribution in [3.05, 3.63) is 76.5 Å². The summed E-state index contributed by atoms with van der Waals surface area (Å²) >= 11 is 0. The van der Waals surface area contributed by atoms with E-state index in [9.17, 15) is 14.4 Å². The van der Waals surface area contributed by atoms with E-state index in [0.717, 1.165) is 5.56 Å². The molecule has 0 radical (unpaired) electrons. The Balaban J connectivity index is 1.50. The number of benzene rings is 1. The molecule has 3 rings (SSSR count). The molecular formula is C21H18N6O4. The number of nitrogens with one attached hydrogen (secondary N) is 2. The van der Waals surface area contributed by atoms with E-state index in [1.807, 2.05) is 35.6 Å². The van der Waals surface area contributed by atoms with Crippen LogP contribution in [-0.2, 0) is 17.8 Å². The van der Waals surface area contributed by atoms with Crippen molar-refractivity contribution in [2.45, 2.75) is 19.4 Å². The first kappa shape index (κ1) is 21.2. The van der Waals surface area contributed by atoms with Gasteiger partial charge in [-0.1, -0.05) is 36.3 Å². The van der Waals surface area contributed by atoms with Gasteiger partial charge < -0.3 is 10.4 Å². The van der Waals surface area contributed by atoms with E-state index < -0.39 is 11.8 Å². The first-order valence-electron chi connectivity index (χ1n) is 9.23. The van der Waals surface area contributed by atoms with Gasteiger partial charge in [-0.25, -0.2) is 9.59 Å². The second-order valence-electron chi connectivity index (χ2n) is 6.29. The predicted molar refractivity (Wildman–Crippen MR) is 112 cm³/mol. The van der Waals surface area contributed by atoms with Crippen LogP contribution in [0, 0.1) is 11.8 Å². The highest BCUT2D eigenvalue weighted by Gasteiger charge is 2.05. The Morgan fingerprint density at radius 2 is 1.81 bits per heavy atom. The number of aryl methyl sites for hydroxylation is 1. The van der Waals surface area contributed by atoms with Crippen molar-refractivity contribution in [3.8, 4) is 11.8 Å². The zero-order chi connectivity index (χ0) is 22.1. The molecule has 31 heavy (non-hydrogen) atoms. The molecule has 0 spiro atoms. The van der Waals surface area contributed by atoms with Crippen LogP contribution in [0.2, 0.25) is 0 Å². The molecule has 1 aromatic carbocycles. The van der Waals surface area contributed by atoms with Crippen LogP contribution in [0.1, 0.15) is 17.7 Å². The molecule has 0 aliphatic heterocycles. The summed E-state index contributed by atoms with van der Waals surface area (Å²) in [6, 6.07) is 14.0.